The second kappa shape index (κ2) is 9.32. The second-order valence-corrected chi connectivity index (χ2v) is 8.19. The maximum Gasteiger partial charge on any atom is 0.253 e. The first kappa shape index (κ1) is 20.4. The maximum atomic E-state index is 12.7. The summed E-state index contributed by atoms with van der Waals surface area (Å²) in [6.45, 7) is 1.06. The lowest BCUT2D eigenvalue weighted by atomic mass is 10.1. The summed E-state index contributed by atoms with van der Waals surface area (Å²) in [7, 11) is 0. The van der Waals surface area contributed by atoms with Gasteiger partial charge in [0.1, 0.15) is 6.54 Å². The largest absolute Gasteiger partial charge is 0.376 e. The fourth-order valence-electron chi connectivity index (χ4n) is 3.56. The Morgan fingerprint density at radius 1 is 1.13 bits per heavy atom. The van der Waals surface area contributed by atoms with Crippen molar-refractivity contribution in [3.8, 4) is 0 Å². The summed E-state index contributed by atoms with van der Waals surface area (Å²) >= 11 is 1.47. The molecule has 1 unspecified atom stereocenters. The Balaban J connectivity index is 1.42. The number of rotatable bonds is 6. The van der Waals surface area contributed by atoms with Gasteiger partial charge in [-0.2, -0.15) is 0 Å². The number of hydrogen-bond donors (Lipinski definition) is 2. The van der Waals surface area contributed by atoms with Crippen molar-refractivity contribution in [3.63, 3.8) is 0 Å². The standard InChI is InChI=1S/C22H23N3O4S/c26-20(13-25-18-9-3-4-10-19(18)30-14-21(25)27)24-17-8-2-1-7-16(17)22(28)23-12-15-6-5-11-29-15/h1-4,7-10,15H,5-6,11-14H2,(H,23,28)(H,24,26). The maximum absolute atomic E-state index is 12.7. The van der Waals surface area contributed by atoms with Gasteiger partial charge in [0.2, 0.25) is 11.8 Å². The Kier molecular flexibility index (Phi) is 6.35. The van der Waals surface area contributed by atoms with E-state index < -0.39 is 0 Å². The number of nitrogens with one attached hydrogen (secondary N) is 2. The normalized spacial score (nSPS) is 18.1. The fourth-order valence-corrected chi connectivity index (χ4v) is 4.49. The molecular formula is C22H23N3O4S. The summed E-state index contributed by atoms with van der Waals surface area (Å²) in [4.78, 5) is 40.2. The number of hydrogen-bond acceptors (Lipinski definition) is 5. The van der Waals surface area contributed by atoms with Crippen molar-refractivity contribution in [1.29, 1.82) is 0 Å². The van der Waals surface area contributed by atoms with Crippen LogP contribution in [0.3, 0.4) is 0 Å². The monoisotopic (exact) mass is 425 g/mol. The lowest BCUT2D eigenvalue weighted by Crippen LogP contribution is -2.41. The quantitative estimate of drug-likeness (QED) is 0.743. The molecule has 3 amide bonds. The van der Waals surface area contributed by atoms with Gasteiger partial charge in [-0.15, -0.1) is 11.8 Å². The molecule has 30 heavy (non-hydrogen) atoms. The van der Waals surface area contributed by atoms with Crippen LogP contribution in [0.1, 0.15) is 23.2 Å². The van der Waals surface area contributed by atoms with Gasteiger partial charge in [0.15, 0.2) is 0 Å². The molecule has 0 spiro atoms. The van der Waals surface area contributed by atoms with Crippen molar-refractivity contribution < 1.29 is 19.1 Å². The first-order chi connectivity index (χ1) is 14.6. The highest BCUT2D eigenvalue weighted by Crippen LogP contribution is 2.34. The molecule has 2 aliphatic rings. The van der Waals surface area contributed by atoms with Crippen LogP contribution in [0, 0.1) is 0 Å². The molecule has 1 fully saturated rings. The van der Waals surface area contributed by atoms with Crippen molar-refractivity contribution in [2.24, 2.45) is 0 Å². The number of para-hydroxylation sites is 2. The third-order valence-corrected chi connectivity index (χ3v) is 6.12. The topological polar surface area (TPSA) is 87.7 Å². The molecule has 0 saturated carbocycles. The number of carbonyl (C=O) groups excluding carboxylic acids is 3. The van der Waals surface area contributed by atoms with Crippen molar-refractivity contribution >= 4 is 40.9 Å². The molecule has 2 heterocycles. The summed E-state index contributed by atoms with van der Waals surface area (Å²) in [6.07, 6.45) is 1.98. The zero-order chi connectivity index (χ0) is 20.9. The van der Waals surface area contributed by atoms with Crippen molar-refractivity contribution in [2.45, 2.75) is 23.8 Å². The molecule has 2 aliphatic heterocycles. The van der Waals surface area contributed by atoms with Crippen LogP contribution < -0.4 is 15.5 Å². The third kappa shape index (κ3) is 4.66. The van der Waals surface area contributed by atoms with Crippen LogP contribution in [0.4, 0.5) is 11.4 Å². The lowest BCUT2D eigenvalue weighted by Gasteiger charge is -2.28. The van der Waals surface area contributed by atoms with Crippen LogP contribution in [-0.4, -0.2) is 49.3 Å². The number of amides is 3. The highest BCUT2D eigenvalue weighted by atomic mass is 32.2. The van der Waals surface area contributed by atoms with E-state index in [1.54, 1.807) is 24.3 Å². The van der Waals surface area contributed by atoms with Crippen LogP contribution in [0.2, 0.25) is 0 Å². The molecule has 4 rings (SSSR count). The molecule has 2 N–H and O–H groups in total. The van der Waals surface area contributed by atoms with Gasteiger partial charge >= 0.3 is 0 Å². The summed E-state index contributed by atoms with van der Waals surface area (Å²) in [6, 6.07) is 14.4. The number of thioether (sulfide) groups is 1. The van der Waals surface area contributed by atoms with E-state index in [2.05, 4.69) is 10.6 Å². The fraction of sp³-hybridized carbons (Fsp3) is 0.318. The third-order valence-electron chi connectivity index (χ3n) is 5.07. The average molecular weight is 426 g/mol. The summed E-state index contributed by atoms with van der Waals surface area (Å²) in [5, 5.41) is 5.66. The minimum Gasteiger partial charge on any atom is -0.376 e. The Bertz CT molecular complexity index is 959. The molecule has 0 radical (unpaired) electrons. The number of carbonyl (C=O) groups is 3. The van der Waals surface area contributed by atoms with E-state index in [1.165, 1.54) is 16.7 Å². The van der Waals surface area contributed by atoms with Gasteiger partial charge in [-0.3, -0.25) is 14.4 Å². The Morgan fingerprint density at radius 2 is 1.93 bits per heavy atom. The van der Waals surface area contributed by atoms with E-state index in [-0.39, 0.29) is 30.4 Å². The van der Waals surface area contributed by atoms with Crippen LogP contribution in [-0.2, 0) is 14.3 Å². The van der Waals surface area contributed by atoms with E-state index in [4.69, 9.17) is 4.74 Å². The number of ether oxygens (including phenoxy) is 1. The van der Waals surface area contributed by atoms with Crippen LogP contribution in [0.25, 0.3) is 0 Å². The molecule has 2 aromatic carbocycles. The van der Waals surface area contributed by atoms with Crippen LogP contribution >= 0.6 is 11.8 Å². The molecule has 156 valence electrons. The summed E-state index contributed by atoms with van der Waals surface area (Å²) in [5.41, 5.74) is 1.53. The second-order valence-electron chi connectivity index (χ2n) is 7.18. The van der Waals surface area contributed by atoms with E-state index in [0.717, 1.165) is 30.0 Å². The molecule has 0 aromatic heterocycles. The smallest absolute Gasteiger partial charge is 0.253 e. The zero-order valence-corrected chi connectivity index (χ0v) is 17.2. The molecule has 2 aromatic rings. The Hall–Kier alpha value is -2.84. The molecule has 8 heteroatoms. The summed E-state index contributed by atoms with van der Waals surface area (Å²) in [5.74, 6) is -0.440. The molecule has 0 aliphatic carbocycles. The zero-order valence-electron chi connectivity index (χ0n) is 16.4. The van der Waals surface area contributed by atoms with Gasteiger partial charge in [0.05, 0.1) is 28.8 Å². The van der Waals surface area contributed by atoms with E-state index in [1.807, 2.05) is 24.3 Å². The minimum absolute atomic E-state index is 0.0405. The predicted octanol–water partition coefficient (Wildman–Crippen LogP) is 2.67. The molecule has 7 nitrogen and oxygen atoms in total. The van der Waals surface area contributed by atoms with E-state index in [9.17, 15) is 14.4 Å². The van der Waals surface area contributed by atoms with Gasteiger partial charge in [0.25, 0.3) is 5.91 Å². The van der Waals surface area contributed by atoms with Crippen molar-refractivity contribution in [1.82, 2.24) is 5.32 Å². The molecule has 0 bridgehead atoms. The van der Waals surface area contributed by atoms with E-state index in [0.29, 0.717) is 23.5 Å². The SMILES string of the molecule is O=C(CN1C(=O)CSc2ccccc21)Nc1ccccc1C(=O)NCC1CCCO1. The molecule has 1 saturated heterocycles. The summed E-state index contributed by atoms with van der Waals surface area (Å²) < 4.78 is 5.53. The van der Waals surface area contributed by atoms with E-state index >= 15 is 0 Å². The number of benzene rings is 2. The van der Waals surface area contributed by atoms with Crippen molar-refractivity contribution in [2.75, 3.05) is 35.7 Å². The molecule has 1 atom stereocenters. The Labute approximate surface area is 179 Å². The van der Waals surface area contributed by atoms with Gasteiger partial charge in [-0.25, -0.2) is 0 Å². The lowest BCUT2D eigenvalue weighted by molar-refractivity contribution is -0.120. The van der Waals surface area contributed by atoms with Gasteiger partial charge in [-0.1, -0.05) is 24.3 Å². The van der Waals surface area contributed by atoms with Gasteiger partial charge in [0, 0.05) is 18.0 Å². The predicted molar refractivity (Wildman–Crippen MR) is 116 cm³/mol. The number of fused-ring (bicyclic) bond motifs is 1. The average Bonchev–Trinajstić information content (AvgIpc) is 3.28. The van der Waals surface area contributed by atoms with Crippen LogP contribution in [0.15, 0.2) is 53.4 Å². The van der Waals surface area contributed by atoms with Gasteiger partial charge < -0.3 is 20.3 Å². The minimum atomic E-state index is -0.357. The highest BCUT2D eigenvalue weighted by Gasteiger charge is 2.26. The molecular weight excluding hydrogens is 402 g/mol. The van der Waals surface area contributed by atoms with Crippen molar-refractivity contribution in [3.05, 3.63) is 54.1 Å². The highest BCUT2D eigenvalue weighted by molar-refractivity contribution is 8.00. The number of anilines is 2. The first-order valence-corrected chi connectivity index (χ1v) is 10.9. The first-order valence-electron chi connectivity index (χ1n) is 9.92. The van der Waals surface area contributed by atoms with Gasteiger partial charge in [-0.05, 0) is 37.1 Å². The number of nitrogens with zero attached hydrogens (tertiary/aromatic N) is 1. The van der Waals surface area contributed by atoms with Crippen LogP contribution in [0.5, 0.6) is 0 Å². The Morgan fingerprint density at radius 3 is 2.77 bits per heavy atom.